The number of nitrogens with zero attached hydrogens (tertiary/aromatic N) is 1. The Kier molecular flexibility index (Phi) is 14.6. The summed E-state index contributed by atoms with van der Waals surface area (Å²) in [5.41, 5.74) is 3.60. The van der Waals surface area contributed by atoms with Gasteiger partial charge in [0, 0.05) is 18.4 Å². The largest absolute Gasteiger partial charge is 0.352 e. The first-order chi connectivity index (χ1) is 12.0. The summed E-state index contributed by atoms with van der Waals surface area (Å²) in [6.45, 7) is 16.5. The van der Waals surface area contributed by atoms with Crippen molar-refractivity contribution in [1.82, 2.24) is 0 Å². The molecule has 1 aromatic carbocycles. The number of aryl methyl sites for hydroxylation is 2. The number of carbonyl (C=O) groups excluding carboxylic acids is 1. The number of rotatable bonds is 6. The van der Waals surface area contributed by atoms with E-state index in [-0.39, 0.29) is 5.41 Å². The summed E-state index contributed by atoms with van der Waals surface area (Å²) in [6.07, 6.45) is 6.10. The van der Waals surface area contributed by atoms with Gasteiger partial charge in [-0.1, -0.05) is 53.7 Å². The maximum atomic E-state index is 10.2. The third-order valence-corrected chi connectivity index (χ3v) is 6.19. The summed E-state index contributed by atoms with van der Waals surface area (Å²) >= 11 is 0. The first-order valence-electron chi connectivity index (χ1n) is 9.52. The van der Waals surface area contributed by atoms with Crippen molar-refractivity contribution >= 4 is 28.5 Å². The molecule has 152 valence electrons. The number of aliphatic imine (C=N–C) groups is 1. The lowest BCUT2D eigenvalue weighted by molar-refractivity contribution is -0.107. The minimum absolute atomic E-state index is 0.273. The lowest BCUT2D eigenvalue weighted by atomic mass is 10.0. The highest BCUT2D eigenvalue weighted by Gasteiger charge is 2.20. The van der Waals surface area contributed by atoms with Gasteiger partial charge in [-0.2, -0.15) is 0 Å². The van der Waals surface area contributed by atoms with Crippen molar-refractivity contribution in [3.8, 4) is 0 Å². The maximum Gasteiger partial charge on any atom is 0.120 e. The minimum Gasteiger partial charge on any atom is -0.352 e. The van der Waals surface area contributed by atoms with E-state index in [4.69, 9.17) is 0 Å². The van der Waals surface area contributed by atoms with Gasteiger partial charge < -0.3 is 9.35 Å². The van der Waals surface area contributed by atoms with Crippen LogP contribution in [-0.2, 0) is 11.2 Å². The van der Waals surface area contributed by atoms with Crippen LogP contribution in [0, 0.1) is 12.3 Å². The fraction of sp³-hybridized carbons (Fsp3) is 0.636. The molecule has 1 aromatic rings. The second-order valence-electron chi connectivity index (χ2n) is 7.43. The van der Waals surface area contributed by atoms with Gasteiger partial charge in [-0.05, 0) is 54.9 Å². The van der Waals surface area contributed by atoms with Gasteiger partial charge in [-0.3, -0.25) is 4.99 Å². The second kappa shape index (κ2) is 14.0. The molecule has 3 nitrogen and oxygen atoms in total. The SMILES string of the molecule is CC.CC=Nc1cc(CCC=O)ccc1C.CCS(C)(O)CC(C)(C)C. The van der Waals surface area contributed by atoms with Crippen LogP contribution in [0.1, 0.15) is 66.0 Å². The van der Waals surface area contributed by atoms with Crippen LogP contribution < -0.4 is 0 Å². The van der Waals surface area contributed by atoms with E-state index in [1.54, 1.807) is 6.21 Å². The molecule has 0 aliphatic rings. The van der Waals surface area contributed by atoms with E-state index in [0.29, 0.717) is 6.42 Å². The molecule has 1 atom stereocenters. The molecule has 0 radical (unpaired) electrons. The highest BCUT2D eigenvalue weighted by Crippen LogP contribution is 2.43. The van der Waals surface area contributed by atoms with Crippen LogP contribution in [0.15, 0.2) is 23.2 Å². The third kappa shape index (κ3) is 14.1. The molecule has 0 spiro atoms. The first-order valence-corrected chi connectivity index (χ1v) is 11.9. The zero-order valence-electron chi connectivity index (χ0n) is 18.4. The first kappa shape index (κ1) is 27.1. The highest BCUT2D eigenvalue weighted by atomic mass is 32.3. The molecule has 0 fully saturated rings. The molecular formula is C22H41NO2S. The van der Waals surface area contributed by atoms with Gasteiger partial charge in [0.2, 0.25) is 0 Å². The second-order valence-corrected chi connectivity index (χ2v) is 10.7. The predicted octanol–water partition coefficient (Wildman–Crippen LogP) is 6.83. The van der Waals surface area contributed by atoms with E-state index in [1.807, 2.05) is 52.1 Å². The van der Waals surface area contributed by atoms with E-state index in [2.05, 4.69) is 32.7 Å². The average molecular weight is 384 g/mol. The van der Waals surface area contributed by atoms with E-state index < -0.39 is 10.3 Å². The topological polar surface area (TPSA) is 49.7 Å². The molecule has 0 aromatic heterocycles. The number of hydrogen-bond acceptors (Lipinski definition) is 3. The minimum atomic E-state index is -1.28. The molecule has 26 heavy (non-hydrogen) atoms. The molecule has 0 aliphatic carbocycles. The van der Waals surface area contributed by atoms with Gasteiger partial charge >= 0.3 is 0 Å². The van der Waals surface area contributed by atoms with Crippen molar-refractivity contribution in [2.45, 2.75) is 68.2 Å². The maximum absolute atomic E-state index is 10.2. The van der Waals surface area contributed by atoms with E-state index in [9.17, 15) is 9.35 Å². The van der Waals surface area contributed by atoms with Gasteiger partial charge in [0.05, 0.1) is 5.69 Å². The van der Waals surface area contributed by atoms with Crippen molar-refractivity contribution in [2.24, 2.45) is 10.4 Å². The molecule has 4 heteroatoms. The molecule has 0 heterocycles. The predicted molar refractivity (Wildman–Crippen MR) is 122 cm³/mol. The summed E-state index contributed by atoms with van der Waals surface area (Å²) in [7, 11) is -1.28. The smallest absolute Gasteiger partial charge is 0.120 e. The highest BCUT2D eigenvalue weighted by molar-refractivity contribution is 8.28. The van der Waals surface area contributed by atoms with Crippen LogP contribution in [0.5, 0.6) is 0 Å². The summed E-state index contributed by atoms with van der Waals surface area (Å²) in [5.74, 6) is 1.88. The molecule has 1 rings (SSSR count). The Morgan fingerprint density at radius 3 is 2.19 bits per heavy atom. The van der Waals surface area contributed by atoms with Gasteiger partial charge in [-0.25, -0.2) is 0 Å². The van der Waals surface area contributed by atoms with Gasteiger partial charge in [-0.15, -0.1) is 10.3 Å². The Bertz CT molecular complexity index is 531. The fourth-order valence-electron chi connectivity index (χ4n) is 2.35. The van der Waals surface area contributed by atoms with Gasteiger partial charge in [0.1, 0.15) is 6.29 Å². The summed E-state index contributed by atoms with van der Waals surface area (Å²) in [6, 6.07) is 6.13. The zero-order valence-corrected chi connectivity index (χ0v) is 19.2. The molecule has 0 saturated heterocycles. The fourth-order valence-corrected chi connectivity index (χ4v) is 4.42. The van der Waals surface area contributed by atoms with Crippen LogP contribution in [0.4, 0.5) is 5.69 Å². The zero-order chi connectivity index (χ0) is 20.8. The Morgan fingerprint density at radius 2 is 1.81 bits per heavy atom. The average Bonchev–Trinajstić information content (AvgIpc) is 2.56. The molecule has 0 bridgehead atoms. The van der Waals surface area contributed by atoms with Crippen LogP contribution in [0.2, 0.25) is 0 Å². The number of carbonyl (C=O) groups is 1. The van der Waals surface area contributed by atoms with Crippen molar-refractivity contribution in [2.75, 3.05) is 17.8 Å². The Hall–Kier alpha value is -1.13. The monoisotopic (exact) mass is 383 g/mol. The van der Waals surface area contributed by atoms with E-state index >= 15 is 0 Å². The van der Waals surface area contributed by atoms with Crippen molar-refractivity contribution in [1.29, 1.82) is 0 Å². The standard InChI is InChI=1S/C12H15NO.C8H20OS.C2H6/c1-3-13-12-9-11(5-4-8-14)7-6-10(12)2;1-6-10(5,9)7-8(2,3)4;1-2/h3,6-9H,4-5H2,1-2H3;9H,6-7H2,1-5H3;1-2H3. The van der Waals surface area contributed by atoms with Crippen LogP contribution >= 0.6 is 10.3 Å². The lowest BCUT2D eigenvalue weighted by Gasteiger charge is -2.34. The molecule has 0 aliphatic heterocycles. The van der Waals surface area contributed by atoms with Crippen molar-refractivity contribution in [3.63, 3.8) is 0 Å². The molecular weight excluding hydrogens is 342 g/mol. The van der Waals surface area contributed by atoms with Crippen molar-refractivity contribution in [3.05, 3.63) is 29.3 Å². The van der Waals surface area contributed by atoms with Crippen LogP contribution in [0.25, 0.3) is 0 Å². The number of aldehydes is 1. The Balaban J connectivity index is 0. The van der Waals surface area contributed by atoms with Crippen LogP contribution in [-0.4, -0.2) is 34.8 Å². The van der Waals surface area contributed by atoms with E-state index in [1.165, 1.54) is 5.56 Å². The van der Waals surface area contributed by atoms with Crippen molar-refractivity contribution < 1.29 is 9.35 Å². The Labute approximate surface area is 163 Å². The summed E-state index contributed by atoms with van der Waals surface area (Å²) in [4.78, 5) is 14.5. The normalized spacial score (nSPS) is 14.4. The van der Waals surface area contributed by atoms with Gasteiger partial charge in [0.25, 0.3) is 0 Å². The molecule has 1 N–H and O–H groups in total. The lowest BCUT2D eigenvalue weighted by Crippen LogP contribution is -2.18. The van der Waals surface area contributed by atoms with Crippen LogP contribution in [0.3, 0.4) is 0 Å². The number of hydrogen-bond donors (Lipinski definition) is 1. The summed E-state index contributed by atoms with van der Waals surface area (Å²) in [5, 5.41) is 0. The summed E-state index contributed by atoms with van der Waals surface area (Å²) < 4.78 is 9.74. The van der Waals surface area contributed by atoms with Gasteiger partial charge in [0.15, 0.2) is 0 Å². The quantitative estimate of drug-likeness (QED) is 0.432. The molecule has 1 unspecified atom stereocenters. The molecule has 0 amide bonds. The molecule has 0 saturated carbocycles. The third-order valence-electron chi connectivity index (χ3n) is 3.46. The number of benzene rings is 1. The van der Waals surface area contributed by atoms with E-state index in [0.717, 1.165) is 35.5 Å². The Morgan fingerprint density at radius 1 is 1.23 bits per heavy atom.